The van der Waals surface area contributed by atoms with Gasteiger partial charge in [-0.15, -0.1) is 13.2 Å². The van der Waals surface area contributed by atoms with Gasteiger partial charge in [0.25, 0.3) is 0 Å². The number of alkyl halides is 10. The van der Waals surface area contributed by atoms with Crippen molar-refractivity contribution in [3.05, 3.63) is 25.3 Å². The highest BCUT2D eigenvalue weighted by molar-refractivity contribution is 5.04. The van der Waals surface area contributed by atoms with E-state index in [-0.39, 0.29) is 0 Å². The second kappa shape index (κ2) is 6.67. The number of hydrogen-bond donors (Lipinski definition) is 0. The molecule has 0 amide bonds. The number of rotatable bonds is 10. The lowest BCUT2D eigenvalue weighted by molar-refractivity contribution is -0.468. The average molecular weight is 364 g/mol. The van der Waals surface area contributed by atoms with Crippen LogP contribution in [0.4, 0.5) is 43.9 Å². The quantitative estimate of drug-likeness (QED) is 0.420. The third kappa shape index (κ3) is 3.62. The Bertz CT molecular complexity index is 395. The zero-order valence-electron chi connectivity index (χ0n) is 11.1. The molecule has 0 unspecified atom stereocenters. The van der Waals surface area contributed by atoms with E-state index in [4.69, 9.17) is 0 Å². The Kier molecular flexibility index (Phi) is 6.29. The van der Waals surface area contributed by atoms with Gasteiger partial charge in [-0.2, -0.15) is 43.9 Å². The summed E-state index contributed by atoms with van der Waals surface area (Å²) in [6, 6.07) is 0. The minimum absolute atomic E-state index is 0.419. The van der Waals surface area contributed by atoms with Gasteiger partial charge in [0.15, 0.2) is 0 Å². The standard InChI is InChI=1S/C11H10F10O2/c1-3-5-22-10(18,19)8(14,15)7(12,13)9(16,17)11(20,21)23-6-4-2/h3-4H,1-2,5-6H2. The minimum Gasteiger partial charge on any atom is -0.311 e. The normalized spacial score (nSPS) is 14.7. The highest BCUT2D eigenvalue weighted by Gasteiger charge is 2.87. The number of hydrogen-bond acceptors (Lipinski definition) is 2. The van der Waals surface area contributed by atoms with Gasteiger partial charge in [-0.05, 0) is 0 Å². The van der Waals surface area contributed by atoms with Crippen LogP contribution >= 0.6 is 0 Å². The van der Waals surface area contributed by atoms with Crippen LogP contribution in [0.5, 0.6) is 0 Å². The molecule has 23 heavy (non-hydrogen) atoms. The molecule has 0 atom stereocenters. The van der Waals surface area contributed by atoms with Crippen molar-refractivity contribution in [2.24, 2.45) is 0 Å². The van der Waals surface area contributed by atoms with E-state index < -0.39 is 43.2 Å². The maximum Gasteiger partial charge on any atom is 0.426 e. The van der Waals surface area contributed by atoms with Gasteiger partial charge in [0, 0.05) is 0 Å². The van der Waals surface area contributed by atoms with Crippen LogP contribution in [0.2, 0.25) is 0 Å². The summed E-state index contributed by atoms with van der Waals surface area (Å²) in [4.78, 5) is 0. The molecule has 136 valence electrons. The van der Waals surface area contributed by atoms with Crippen LogP contribution in [0.15, 0.2) is 25.3 Å². The van der Waals surface area contributed by atoms with Crippen molar-refractivity contribution < 1.29 is 53.4 Å². The highest BCUT2D eigenvalue weighted by Crippen LogP contribution is 2.57. The first-order valence-corrected chi connectivity index (χ1v) is 5.51. The van der Waals surface area contributed by atoms with Crippen molar-refractivity contribution in [2.45, 2.75) is 30.0 Å². The van der Waals surface area contributed by atoms with Crippen molar-refractivity contribution in [1.29, 1.82) is 0 Å². The number of halogens is 10. The first kappa shape index (κ1) is 21.7. The molecule has 2 nitrogen and oxygen atoms in total. The summed E-state index contributed by atoms with van der Waals surface area (Å²) in [6.07, 6.45) is -11.5. The van der Waals surface area contributed by atoms with Crippen LogP contribution in [0.3, 0.4) is 0 Å². The predicted molar refractivity (Wildman–Crippen MR) is 57.0 cm³/mol. The molecule has 0 aromatic rings. The molecule has 0 heterocycles. The van der Waals surface area contributed by atoms with Gasteiger partial charge < -0.3 is 9.47 Å². The molecule has 0 aromatic heterocycles. The van der Waals surface area contributed by atoms with E-state index >= 15 is 0 Å². The summed E-state index contributed by atoms with van der Waals surface area (Å²) in [7, 11) is 0. The van der Waals surface area contributed by atoms with Gasteiger partial charge in [-0.25, -0.2) is 0 Å². The molecule has 0 saturated carbocycles. The zero-order valence-corrected chi connectivity index (χ0v) is 11.1. The van der Waals surface area contributed by atoms with Crippen molar-refractivity contribution in [3.63, 3.8) is 0 Å². The molecule has 0 aromatic carbocycles. The highest BCUT2D eigenvalue weighted by atomic mass is 19.4. The van der Waals surface area contributed by atoms with Crippen LogP contribution in [0, 0.1) is 0 Å². The Labute approximate surface area is 123 Å². The van der Waals surface area contributed by atoms with E-state index in [1.54, 1.807) is 0 Å². The monoisotopic (exact) mass is 364 g/mol. The molecule has 12 heteroatoms. The Hall–Kier alpha value is -1.30. The fourth-order valence-electron chi connectivity index (χ4n) is 1.07. The number of ether oxygens (including phenoxy) is 2. The maximum atomic E-state index is 13.2. The first-order valence-electron chi connectivity index (χ1n) is 5.51. The third-order valence-electron chi connectivity index (χ3n) is 2.28. The average Bonchev–Trinajstić information content (AvgIpc) is 2.42. The molecular formula is C11H10F10O2. The predicted octanol–water partition coefficient (Wildman–Crippen LogP) is 4.48. The fourth-order valence-corrected chi connectivity index (χ4v) is 1.07. The SMILES string of the molecule is C=CCOC(F)(F)C(F)(F)C(F)(F)C(F)(F)C(F)(F)OCC=C. The van der Waals surface area contributed by atoms with Gasteiger partial charge in [0.1, 0.15) is 0 Å². The van der Waals surface area contributed by atoms with Gasteiger partial charge in [0.2, 0.25) is 0 Å². The summed E-state index contributed by atoms with van der Waals surface area (Å²) >= 11 is 0. The molecule has 0 saturated heterocycles. The van der Waals surface area contributed by atoms with E-state index in [0.29, 0.717) is 12.2 Å². The molecule has 0 aliphatic heterocycles. The Balaban J connectivity index is 5.81. The molecule has 0 rings (SSSR count). The minimum atomic E-state index is -7.23. The Morgan fingerprint density at radius 3 is 1.04 bits per heavy atom. The van der Waals surface area contributed by atoms with Gasteiger partial charge in [-0.3, -0.25) is 0 Å². The Morgan fingerprint density at radius 1 is 0.565 bits per heavy atom. The molecule has 0 aliphatic carbocycles. The van der Waals surface area contributed by atoms with Gasteiger partial charge >= 0.3 is 30.0 Å². The largest absolute Gasteiger partial charge is 0.426 e. The summed E-state index contributed by atoms with van der Waals surface area (Å²) < 4.78 is 136. The topological polar surface area (TPSA) is 18.5 Å². The summed E-state index contributed by atoms with van der Waals surface area (Å²) in [5.41, 5.74) is 0. The van der Waals surface area contributed by atoms with Crippen molar-refractivity contribution in [2.75, 3.05) is 13.2 Å². The van der Waals surface area contributed by atoms with Gasteiger partial charge in [-0.1, -0.05) is 12.2 Å². The van der Waals surface area contributed by atoms with Crippen molar-refractivity contribution in [3.8, 4) is 0 Å². The summed E-state index contributed by atoms with van der Waals surface area (Å²) in [6.45, 7) is 2.61. The second-order valence-electron chi connectivity index (χ2n) is 3.96. The lowest BCUT2D eigenvalue weighted by atomic mass is 10.0. The third-order valence-corrected chi connectivity index (χ3v) is 2.28. The lowest BCUT2D eigenvalue weighted by Crippen LogP contribution is -2.68. The summed E-state index contributed by atoms with van der Waals surface area (Å²) in [5.74, 6) is -21.2. The summed E-state index contributed by atoms with van der Waals surface area (Å²) in [5, 5.41) is 0. The molecule has 0 spiro atoms. The van der Waals surface area contributed by atoms with Gasteiger partial charge in [0.05, 0.1) is 13.2 Å². The molecule has 0 radical (unpaired) electrons. The molecule has 0 fully saturated rings. The van der Waals surface area contributed by atoms with Crippen LogP contribution in [-0.2, 0) is 9.47 Å². The maximum absolute atomic E-state index is 13.2. The van der Waals surface area contributed by atoms with Crippen LogP contribution in [0.1, 0.15) is 0 Å². The van der Waals surface area contributed by atoms with E-state index in [0.717, 1.165) is 0 Å². The van der Waals surface area contributed by atoms with E-state index in [1.807, 2.05) is 0 Å². The lowest BCUT2D eigenvalue weighted by Gasteiger charge is -2.38. The smallest absolute Gasteiger partial charge is 0.311 e. The fraction of sp³-hybridized carbons (Fsp3) is 0.636. The van der Waals surface area contributed by atoms with E-state index in [1.165, 1.54) is 0 Å². The van der Waals surface area contributed by atoms with Crippen LogP contribution in [-0.4, -0.2) is 43.2 Å². The molecule has 0 bridgehead atoms. The zero-order chi connectivity index (χ0) is 18.7. The van der Waals surface area contributed by atoms with E-state index in [2.05, 4.69) is 22.6 Å². The first-order chi connectivity index (χ1) is 10.1. The second-order valence-corrected chi connectivity index (χ2v) is 3.96. The van der Waals surface area contributed by atoms with Crippen molar-refractivity contribution >= 4 is 0 Å². The molecule has 0 aliphatic rings. The van der Waals surface area contributed by atoms with E-state index in [9.17, 15) is 43.9 Å². The Morgan fingerprint density at radius 2 is 0.826 bits per heavy atom. The van der Waals surface area contributed by atoms with Crippen molar-refractivity contribution in [1.82, 2.24) is 0 Å². The molecular weight excluding hydrogens is 354 g/mol. The van der Waals surface area contributed by atoms with Crippen LogP contribution in [0.25, 0.3) is 0 Å². The molecule has 0 N–H and O–H groups in total. The van der Waals surface area contributed by atoms with Crippen LogP contribution < -0.4 is 0 Å².